The Morgan fingerprint density at radius 2 is 1.96 bits per heavy atom. The highest BCUT2D eigenvalue weighted by Crippen LogP contribution is 2.33. The van der Waals surface area contributed by atoms with E-state index in [-0.39, 0.29) is 22.9 Å². The molecule has 7 heteroatoms. The largest absolute Gasteiger partial charge is 0.325 e. The molecule has 2 aromatic carbocycles. The monoisotopic (exact) mass is 334 g/mol. The molecule has 0 bridgehead atoms. The number of fused-ring (bicyclic) bond motifs is 1. The lowest BCUT2D eigenvalue weighted by atomic mass is 10.0. The lowest BCUT2D eigenvalue weighted by molar-refractivity contribution is -0.116. The first-order valence-corrected chi connectivity index (χ1v) is 8.55. The summed E-state index contributed by atoms with van der Waals surface area (Å²) in [6.45, 7) is 1.57. The van der Waals surface area contributed by atoms with E-state index in [9.17, 15) is 17.6 Å². The van der Waals surface area contributed by atoms with Crippen LogP contribution in [0.1, 0.15) is 24.0 Å². The topological polar surface area (TPSA) is 75.3 Å². The number of nitrogens with one attached hydrogen (secondary N) is 2. The fourth-order valence-corrected chi connectivity index (χ4v) is 3.50. The minimum absolute atomic E-state index is 0.0518. The molecule has 0 aromatic heterocycles. The lowest BCUT2D eigenvalue weighted by Gasteiger charge is -2.09. The predicted molar refractivity (Wildman–Crippen MR) is 83.9 cm³/mol. The summed E-state index contributed by atoms with van der Waals surface area (Å²) in [7, 11) is -3.79. The third-order valence-corrected chi connectivity index (χ3v) is 5.26. The molecule has 0 fully saturated rings. The number of amides is 1. The number of rotatable bonds is 4. The summed E-state index contributed by atoms with van der Waals surface area (Å²) < 4.78 is 40.7. The SMILES string of the molecule is C[C@H]1C(=O)Nc2ccc(S(=O)(=O)NCc3ccccc3F)cc21. The van der Waals surface area contributed by atoms with Crippen molar-refractivity contribution in [2.24, 2.45) is 0 Å². The van der Waals surface area contributed by atoms with Crippen LogP contribution >= 0.6 is 0 Å². The second kappa shape index (κ2) is 5.75. The zero-order valence-electron chi connectivity index (χ0n) is 12.3. The normalized spacial score (nSPS) is 17.0. The quantitative estimate of drug-likeness (QED) is 0.901. The van der Waals surface area contributed by atoms with Gasteiger partial charge in [0.2, 0.25) is 15.9 Å². The van der Waals surface area contributed by atoms with Gasteiger partial charge in [0.1, 0.15) is 5.82 Å². The van der Waals surface area contributed by atoms with Crippen LogP contribution < -0.4 is 10.0 Å². The molecule has 2 N–H and O–H groups in total. The van der Waals surface area contributed by atoms with Crippen molar-refractivity contribution in [2.75, 3.05) is 5.32 Å². The summed E-state index contributed by atoms with van der Waals surface area (Å²) in [5.74, 6) is -1.02. The number of hydrogen-bond donors (Lipinski definition) is 2. The zero-order valence-corrected chi connectivity index (χ0v) is 13.2. The Bertz CT molecular complexity index is 881. The fourth-order valence-electron chi connectivity index (χ4n) is 2.46. The Hall–Kier alpha value is -2.25. The number of anilines is 1. The molecule has 2 aromatic rings. The number of carbonyl (C=O) groups excluding carboxylic acids is 1. The molecule has 1 aliphatic rings. The third kappa shape index (κ3) is 2.97. The van der Waals surface area contributed by atoms with Gasteiger partial charge in [0, 0.05) is 17.8 Å². The fraction of sp³-hybridized carbons (Fsp3) is 0.188. The summed E-state index contributed by atoms with van der Waals surface area (Å²) >= 11 is 0. The van der Waals surface area contributed by atoms with E-state index in [1.54, 1.807) is 25.1 Å². The van der Waals surface area contributed by atoms with Crippen molar-refractivity contribution in [3.8, 4) is 0 Å². The maximum absolute atomic E-state index is 13.6. The first kappa shape index (κ1) is 15.6. The van der Waals surface area contributed by atoms with E-state index >= 15 is 0 Å². The smallest absolute Gasteiger partial charge is 0.240 e. The first-order chi connectivity index (χ1) is 10.9. The molecule has 1 aliphatic heterocycles. The standard InChI is InChI=1S/C16H15FN2O3S/c1-10-13-8-12(6-7-15(13)19-16(10)20)23(21,22)18-9-11-4-2-3-5-14(11)17/h2-8,10,18H,9H2,1H3,(H,19,20)/t10-/m1/s1. The molecule has 23 heavy (non-hydrogen) atoms. The summed E-state index contributed by atoms with van der Waals surface area (Å²) in [4.78, 5) is 11.7. The van der Waals surface area contributed by atoms with Gasteiger partial charge in [-0.25, -0.2) is 17.5 Å². The van der Waals surface area contributed by atoms with Gasteiger partial charge in [-0.3, -0.25) is 4.79 Å². The van der Waals surface area contributed by atoms with Gasteiger partial charge < -0.3 is 5.32 Å². The summed E-state index contributed by atoms with van der Waals surface area (Å²) in [5, 5.41) is 2.69. The van der Waals surface area contributed by atoms with E-state index in [1.807, 2.05) is 0 Å². The van der Waals surface area contributed by atoms with Crippen LogP contribution in [0.5, 0.6) is 0 Å². The molecule has 3 rings (SSSR count). The van der Waals surface area contributed by atoms with Gasteiger partial charge in [0.25, 0.3) is 0 Å². The highest BCUT2D eigenvalue weighted by atomic mass is 32.2. The average Bonchev–Trinajstić information content (AvgIpc) is 2.81. The molecule has 1 amide bonds. The summed E-state index contributed by atoms with van der Waals surface area (Å²) in [6.07, 6.45) is 0. The Labute approximate surface area is 133 Å². The van der Waals surface area contributed by atoms with Crippen LogP contribution in [-0.2, 0) is 21.4 Å². The second-order valence-electron chi connectivity index (χ2n) is 5.38. The molecule has 1 heterocycles. The number of sulfonamides is 1. The molecule has 5 nitrogen and oxygen atoms in total. The molecule has 0 saturated heterocycles. The minimum atomic E-state index is -3.79. The van der Waals surface area contributed by atoms with Gasteiger partial charge in [-0.2, -0.15) is 0 Å². The van der Waals surface area contributed by atoms with Crippen LogP contribution in [0.3, 0.4) is 0 Å². The van der Waals surface area contributed by atoms with Crippen LogP contribution in [-0.4, -0.2) is 14.3 Å². The molecule has 120 valence electrons. The van der Waals surface area contributed by atoms with Gasteiger partial charge in [0.05, 0.1) is 10.8 Å². The Morgan fingerprint density at radius 3 is 2.70 bits per heavy atom. The van der Waals surface area contributed by atoms with Crippen LogP contribution in [0, 0.1) is 5.82 Å². The van der Waals surface area contributed by atoms with Gasteiger partial charge >= 0.3 is 0 Å². The molecule has 0 saturated carbocycles. The van der Waals surface area contributed by atoms with Crippen LogP contribution in [0.15, 0.2) is 47.4 Å². The van der Waals surface area contributed by atoms with Crippen LogP contribution in [0.2, 0.25) is 0 Å². The average molecular weight is 334 g/mol. The van der Waals surface area contributed by atoms with Crippen molar-refractivity contribution in [1.29, 1.82) is 0 Å². The third-order valence-electron chi connectivity index (χ3n) is 3.86. The summed E-state index contributed by atoms with van der Waals surface area (Å²) in [6, 6.07) is 10.4. The molecular weight excluding hydrogens is 319 g/mol. The van der Waals surface area contributed by atoms with Gasteiger partial charge in [-0.15, -0.1) is 0 Å². The zero-order chi connectivity index (χ0) is 16.6. The van der Waals surface area contributed by atoms with Crippen molar-refractivity contribution in [2.45, 2.75) is 24.3 Å². The maximum Gasteiger partial charge on any atom is 0.240 e. The molecule has 0 unspecified atom stereocenters. The molecule has 0 spiro atoms. The Balaban J connectivity index is 1.84. The molecule has 0 radical (unpaired) electrons. The maximum atomic E-state index is 13.6. The van der Waals surface area contributed by atoms with E-state index < -0.39 is 21.8 Å². The first-order valence-electron chi connectivity index (χ1n) is 7.06. The summed E-state index contributed by atoms with van der Waals surface area (Å²) in [5.41, 5.74) is 1.53. The van der Waals surface area contributed by atoms with E-state index in [1.165, 1.54) is 24.3 Å². The number of hydrogen-bond acceptors (Lipinski definition) is 3. The highest BCUT2D eigenvalue weighted by Gasteiger charge is 2.28. The molecule has 1 atom stereocenters. The lowest BCUT2D eigenvalue weighted by Crippen LogP contribution is -2.23. The van der Waals surface area contributed by atoms with E-state index in [4.69, 9.17) is 0 Å². The number of benzene rings is 2. The Kier molecular flexibility index (Phi) is 3.91. The van der Waals surface area contributed by atoms with Crippen LogP contribution in [0.25, 0.3) is 0 Å². The van der Waals surface area contributed by atoms with Gasteiger partial charge in [0.15, 0.2) is 0 Å². The van der Waals surface area contributed by atoms with Crippen LogP contribution in [0.4, 0.5) is 10.1 Å². The van der Waals surface area contributed by atoms with Crippen molar-refractivity contribution < 1.29 is 17.6 Å². The van der Waals surface area contributed by atoms with E-state index in [0.29, 0.717) is 11.3 Å². The molecule has 0 aliphatic carbocycles. The number of carbonyl (C=O) groups is 1. The molecular formula is C16H15FN2O3S. The minimum Gasteiger partial charge on any atom is -0.325 e. The van der Waals surface area contributed by atoms with Gasteiger partial charge in [-0.1, -0.05) is 18.2 Å². The highest BCUT2D eigenvalue weighted by molar-refractivity contribution is 7.89. The van der Waals surface area contributed by atoms with Crippen molar-refractivity contribution >= 4 is 21.6 Å². The van der Waals surface area contributed by atoms with Crippen molar-refractivity contribution in [3.05, 3.63) is 59.4 Å². The predicted octanol–water partition coefficient (Wildman–Crippen LogP) is 2.36. The van der Waals surface area contributed by atoms with E-state index in [0.717, 1.165) is 0 Å². The van der Waals surface area contributed by atoms with Crippen molar-refractivity contribution in [3.63, 3.8) is 0 Å². The van der Waals surface area contributed by atoms with E-state index in [2.05, 4.69) is 10.0 Å². The second-order valence-corrected chi connectivity index (χ2v) is 7.14. The number of halogens is 1. The van der Waals surface area contributed by atoms with Gasteiger partial charge in [-0.05, 0) is 36.8 Å². The van der Waals surface area contributed by atoms with Crippen molar-refractivity contribution in [1.82, 2.24) is 4.72 Å². The Morgan fingerprint density at radius 1 is 1.22 bits per heavy atom.